The van der Waals surface area contributed by atoms with Gasteiger partial charge in [0.1, 0.15) is 13.2 Å². The molecule has 6 heteroatoms. The number of carbonyl (C=O) groups excluding carboxylic acids is 1. The zero-order valence-electron chi connectivity index (χ0n) is 15.7. The first kappa shape index (κ1) is 17.6. The minimum Gasteiger partial charge on any atom is -0.486 e. The quantitative estimate of drug-likeness (QED) is 0.822. The molecule has 0 radical (unpaired) electrons. The van der Waals surface area contributed by atoms with Gasteiger partial charge in [-0.05, 0) is 51.4 Å². The van der Waals surface area contributed by atoms with E-state index in [1.807, 2.05) is 30.0 Å². The second-order valence-corrected chi connectivity index (χ2v) is 7.66. The van der Waals surface area contributed by atoms with Gasteiger partial charge >= 0.3 is 0 Å². The molecule has 1 aromatic rings. The van der Waals surface area contributed by atoms with Gasteiger partial charge in [-0.1, -0.05) is 6.07 Å². The fraction of sp³-hybridized carbons (Fsp3) is 0.650. The van der Waals surface area contributed by atoms with Crippen LogP contribution in [-0.2, 0) is 4.74 Å². The summed E-state index contributed by atoms with van der Waals surface area (Å²) in [5.41, 5.74) is 0.711. The number of rotatable bonds is 4. The first-order valence-electron chi connectivity index (χ1n) is 9.60. The molecule has 2 saturated heterocycles. The summed E-state index contributed by atoms with van der Waals surface area (Å²) in [5.74, 6) is 1.89. The van der Waals surface area contributed by atoms with E-state index in [2.05, 4.69) is 11.9 Å². The molecule has 1 amide bonds. The molecule has 0 bridgehead atoms. The van der Waals surface area contributed by atoms with Crippen LogP contribution in [0.2, 0.25) is 0 Å². The van der Waals surface area contributed by atoms with Crippen molar-refractivity contribution in [3.05, 3.63) is 23.8 Å². The molecule has 1 atom stereocenters. The molecule has 0 N–H and O–H groups in total. The highest BCUT2D eigenvalue weighted by molar-refractivity contribution is 5.98. The average Bonchev–Trinajstić information content (AvgIpc) is 2.64. The Balaban J connectivity index is 1.44. The van der Waals surface area contributed by atoms with Crippen LogP contribution < -0.4 is 9.47 Å². The van der Waals surface area contributed by atoms with Crippen LogP contribution in [-0.4, -0.2) is 74.4 Å². The number of hydrogen-bond donors (Lipinski definition) is 0. The topological polar surface area (TPSA) is 51.2 Å². The van der Waals surface area contributed by atoms with E-state index in [1.165, 1.54) is 6.42 Å². The Bertz CT molecular complexity index is 670. The monoisotopic (exact) mass is 360 g/mol. The summed E-state index contributed by atoms with van der Waals surface area (Å²) in [5, 5.41) is 0. The van der Waals surface area contributed by atoms with Gasteiger partial charge in [0.15, 0.2) is 11.5 Å². The molecule has 6 nitrogen and oxygen atoms in total. The lowest BCUT2D eigenvalue weighted by Gasteiger charge is -2.58. The summed E-state index contributed by atoms with van der Waals surface area (Å²) in [6.45, 7) is 7.28. The van der Waals surface area contributed by atoms with Gasteiger partial charge in [-0.25, -0.2) is 0 Å². The molecule has 26 heavy (non-hydrogen) atoms. The third-order valence-electron chi connectivity index (χ3n) is 5.96. The Labute approximate surface area is 155 Å². The molecule has 0 saturated carbocycles. The van der Waals surface area contributed by atoms with E-state index >= 15 is 0 Å². The summed E-state index contributed by atoms with van der Waals surface area (Å²) < 4.78 is 17.0. The van der Waals surface area contributed by atoms with Crippen molar-refractivity contribution in [3.8, 4) is 11.5 Å². The predicted octanol–water partition coefficient (Wildman–Crippen LogP) is 2.03. The fourth-order valence-corrected chi connectivity index (χ4v) is 4.43. The van der Waals surface area contributed by atoms with Gasteiger partial charge in [0.2, 0.25) is 0 Å². The van der Waals surface area contributed by atoms with E-state index in [0.717, 1.165) is 39.3 Å². The number of amides is 1. The molecule has 1 unspecified atom stereocenters. The maximum atomic E-state index is 13.0. The largest absolute Gasteiger partial charge is 0.486 e. The van der Waals surface area contributed by atoms with E-state index in [9.17, 15) is 4.79 Å². The number of likely N-dealkylation sites (tertiary alicyclic amines) is 2. The van der Waals surface area contributed by atoms with E-state index < -0.39 is 0 Å². The van der Waals surface area contributed by atoms with Crippen molar-refractivity contribution in [2.75, 3.05) is 53.1 Å². The lowest BCUT2D eigenvalue weighted by atomic mass is 9.75. The molecule has 142 valence electrons. The minimum absolute atomic E-state index is 0.0401. The third-order valence-corrected chi connectivity index (χ3v) is 5.96. The predicted molar refractivity (Wildman–Crippen MR) is 97.9 cm³/mol. The van der Waals surface area contributed by atoms with Gasteiger partial charge in [0, 0.05) is 26.3 Å². The molecule has 0 aliphatic carbocycles. The highest BCUT2D eigenvalue weighted by Crippen LogP contribution is 2.41. The maximum Gasteiger partial charge on any atom is 0.257 e. The number of hydrogen-bond acceptors (Lipinski definition) is 5. The van der Waals surface area contributed by atoms with Crippen molar-refractivity contribution in [3.63, 3.8) is 0 Å². The summed E-state index contributed by atoms with van der Waals surface area (Å²) >= 11 is 0. The fourth-order valence-electron chi connectivity index (χ4n) is 4.43. The summed E-state index contributed by atoms with van der Waals surface area (Å²) in [4.78, 5) is 17.4. The molecule has 1 spiro atoms. The second-order valence-electron chi connectivity index (χ2n) is 7.66. The van der Waals surface area contributed by atoms with Gasteiger partial charge in [-0.2, -0.15) is 0 Å². The Morgan fingerprint density at radius 3 is 2.92 bits per heavy atom. The second kappa shape index (κ2) is 7.08. The highest BCUT2D eigenvalue weighted by Gasteiger charge is 2.51. The number of para-hydroxylation sites is 1. The van der Waals surface area contributed by atoms with Crippen molar-refractivity contribution >= 4 is 5.91 Å². The number of nitrogens with zero attached hydrogens (tertiary/aromatic N) is 2. The first-order valence-corrected chi connectivity index (χ1v) is 9.60. The zero-order chi connectivity index (χ0) is 18.1. The molecule has 3 aliphatic heterocycles. The van der Waals surface area contributed by atoms with Crippen LogP contribution in [0.15, 0.2) is 18.2 Å². The van der Waals surface area contributed by atoms with Crippen molar-refractivity contribution in [2.24, 2.45) is 5.92 Å². The van der Waals surface area contributed by atoms with Crippen molar-refractivity contribution in [1.82, 2.24) is 9.80 Å². The molecule has 4 rings (SSSR count). The van der Waals surface area contributed by atoms with E-state index in [1.54, 1.807) is 0 Å². The van der Waals surface area contributed by atoms with Crippen molar-refractivity contribution in [1.29, 1.82) is 0 Å². The number of fused-ring (bicyclic) bond motifs is 1. The Kier molecular flexibility index (Phi) is 4.80. The average molecular weight is 360 g/mol. The number of likely N-dealkylation sites (N-methyl/N-ethyl adjacent to an activating group) is 1. The Morgan fingerprint density at radius 1 is 1.31 bits per heavy atom. The summed E-state index contributed by atoms with van der Waals surface area (Å²) in [6, 6.07) is 5.56. The minimum atomic E-state index is 0.0401. The van der Waals surface area contributed by atoms with Crippen LogP contribution in [0.5, 0.6) is 11.5 Å². The first-order chi connectivity index (χ1) is 12.6. The van der Waals surface area contributed by atoms with Gasteiger partial charge in [0.25, 0.3) is 5.91 Å². The van der Waals surface area contributed by atoms with Crippen LogP contribution in [0.1, 0.15) is 30.1 Å². The molecular formula is C20H28N2O4. The van der Waals surface area contributed by atoms with Crippen molar-refractivity contribution < 1.29 is 19.0 Å². The van der Waals surface area contributed by atoms with Crippen LogP contribution in [0.25, 0.3) is 0 Å². The maximum absolute atomic E-state index is 13.0. The molecule has 3 heterocycles. The normalized spacial score (nSPS) is 24.4. The van der Waals surface area contributed by atoms with Gasteiger partial charge in [-0.15, -0.1) is 0 Å². The van der Waals surface area contributed by atoms with Crippen molar-refractivity contribution in [2.45, 2.75) is 25.3 Å². The lowest BCUT2D eigenvalue weighted by molar-refractivity contribution is -0.0752. The standard InChI is InChI=1S/C20H28N2O4/c1-3-24-12-15-7-8-21(2)20(11-15)13-22(14-20)19(23)16-5-4-6-17-18(16)26-10-9-25-17/h4-6,15H,3,7-14H2,1-2H3. The molecule has 0 aromatic heterocycles. The summed E-state index contributed by atoms with van der Waals surface area (Å²) in [6.07, 6.45) is 2.27. The lowest BCUT2D eigenvalue weighted by Crippen LogP contribution is -2.72. The van der Waals surface area contributed by atoms with Gasteiger partial charge < -0.3 is 19.1 Å². The van der Waals surface area contributed by atoms with E-state index in [0.29, 0.717) is 36.2 Å². The highest BCUT2D eigenvalue weighted by atomic mass is 16.6. The van der Waals surface area contributed by atoms with Crippen LogP contribution in [0.4, 0.5) is 0 Å². The molecule has 3 aliphatic rings. The number of carbonyl (C=O) groups is 1. The molecule has 1 aromatic carbocycles. The molecular weight excluding hydrogens is 332 g/mol. The third kappa shape index (κ3) is 3.05. The summed E-state index contributed by atoms with van der Waals surface area (Å²) in [7, 11) is 2.18. The number of piperidine rings is 1. The van der Waals surface area contributed by atoms with Crippen LogP contribution in [0, 0.1) is 5.92 Å². The molecule has 2 fully saturated rings. The van der Waals surface area contributed by atoms with Crippen LogP contribution >= 0.6 is 0 Å². The van der Waals surface area contributed by atoms with Crippen LogP contribution in [0.3, 0.4) is 0 Å². The van der Waals surface area contributed by atoms with Gasteiger partial charge in [0.05, 0.1) is 11.1 Å². The zero-order valence-corrected chi connectivity index (χ0v) is 15.7. The Hall–Kier alpha value is -1.79. The van der Waals surface area contributed by atoms with E-state index in [4.69, 9.17) is 14.2 Å². The van der Waals surface area contributed by atoms with Gasteiger partial charge in [-0.3, -0.25) is 9.69 Å². The number of benzene rings is 1. The van der Waals surface area contributed by atoms with E-state index in [-0.39, 0.29) is 11.4 Å². The smallest absolute Gasteiger partial charge is 0.257 e. The SMILES string of the molecule is CCOCC1CCN(C)C2(C1)CN(C(=O)c1cccc3c1OCCO3)C2. The number of ether oxygens (including phenoxy) is 3. The Morgan fingerprint density at radius 2 is 2.12 bits per heavy atom.